The smallest absolute Gasteiger partial charge is 0.165 e. The molecule has 0 bridgehead atoms. The van der Waals surface area contributed by atoms with E-state index in [1.807, 2.05) is 30.3 Å². The molecule has 0 radical (unpaired) electrons. The van der Waals surface area contributed by atoms with Crippen LogP contribution >= 0.6 is 0 Å². The number of nitrogens with zero attached hydrogens (tertiary/aromatic N) is 2. The van der Waals surface area contributed by atoms with Crippen LogP contribution in [0.25, 0.3) is 0 Å². The van der Waals surface area contributed by atoms with Gasteiger partial charge in [-0.2, -0.15) is 0 Å². The summed E-state index contributed by atoms with van der Waals surface area (Å²) in [6, 6.07) is 9.16. The van der Waals surface area contributed by atoms with Gasteiger partial charge < -0.3 is 0 Å². The van der Waals surface area contributed by atoms with Crippen LogP contribution < -0.4 is 0 Å². The van der Waals surface area contributed by atoms with Gasteiger partial charge in [-0.25, -0.2) is 18.4 Å². The van der Waals surface area contributed by atoms with Crippen LogP contribution in [-0.2, 0) is 15.6 Å². The first-order valence-electron chi connectivity index (χ1n) is 5.91. The van der Waals surface area contributed by atoms with Crippen LogP contribution in [0.15, 0.2) is 64.2 Å². The highest BCUT2D eigenvalue weighted by atomic mass is 32.2. The summed E-state index contributed by atoms with van der Waals surface area (Å²) >= 11 is 0. The Morgan fingerprint density at radius 2 is 1.95 bits per heavy atom. The van der Waals surface area contributed by atoms with Crippen molar-refractivity contribution in [3.8, 4) is 0 Å². The molecule has 0 saturated heterocycles. The van der Waals surface area contributed by atoms with Crippen molar-refractivity contribution in [1.29, 1.82) is 0 Å². The summed E-state index contributed by atoms with van der Waals surface area (Å²) in [6.07, 6.45) is 6.56. The Kier molecular flexibility index (Phi) is 2.91. The molecule has 2 aliphatic heterocycles. The van der Waals surface area contributed by atoms with Gasteiger partial charge in [0.25, 0.3) is 0 Å². The molecule has 1 unspecified atom stereocenters. The van der Waals surface area contributed by atoms with Crippen LogP contribution in [-0.4, -0.2) is 25.7 Å². The lowest BCUT2D eigenvalue weighted by molar-refractivity contribution is 0.595. The number of hydrogen-bond donors (Lipinski definition) is 0. The predicted molar refractivity (Wildman–Crippen MR) is 76.0 cm³/mol. The van der Waals surface area contributed by atoms with Crippen molar-refractivity contribution in [3.63, 3.8) is 0 Å². The van der Waals surface area contributed by atoms with Gasteiger partial charge in [-0.3, -0.25) is 0 Å². The Hall–Kier alpha value is -2.01. The summed E-state index contributed by atoms with van der Waals surface area (Å²) in [5, 5.41) is -0.676. The molecule has 4 nitrogen and oxygen atoms in total. The molecular formula is C14H12N2O2S. The number of aliphatic imine (C=N–C) groups is 2. The van der Waals surface area contributed by atoms with Gasteiger partial charge in [-0.15, -0.1) is 0 Å². The molecule has 1 aromatic carbocycles. The molecule has 2 heterocycles. The molecule has 5 heteroatoms. The first-order valence-corrected chi connectivity index (χ1v) is 7.63. The highest BCUT2D eigenvalue weighted by Crippen LogP contribution is 2.20. The Labute approximate surface area is 111 Å². The van der Waals surface area contributed by atoms with Crippen molar-refractivity contribution in [2.75, 3.05) is 0 Å². The Morgan fingerprint density at radius 3 is 2.74 bits per heavy atom. The lowest BCUT2D eigenvalue weighted by Gasteiger charge is -2.14. The van der Waals surface area contributed by atoms with Crippen LogP contribution in [0.3, 0.4) is 0 Å². The molecule has 96 valence electrons. The van der Waals surface area contributed by atoms with Gasteiger partial charge in [0.2, 0.25) is 0 Å². The molecule has 0 spiro atoms. The number of benzene rings is 1. The average molecular weight is 272 g/mol. The summed E-state index contributed by atoms with van der Waals surface area (Å²) in [5.41, 5.74) is 1.57. The highest BCUT2D eigenvalue weighted by molar-refractivity contribution is 7.92. The zero-order chi connectivity index (χ0) is 13.3. The maximum Gasteiger partial charge on any atom is 0.165 e. The third-order valence-corrected chi connectivity index (χ3v) is 4.84. The van der Waals surface area contributed by atoms with E-state index in [-0.39, 0.29) is 5.75 Å². The highest BCUT2D eigenvalue weighted by Gasteiger charge is 2.26. The second-order valence-electron chi connectivity index (χ2n) is 4.43. The number of hydrogen-bond acceptors (Lipinski definition) is 4. The molecular weight excluding hydrogens is 260 g/mol. The van der Waals surface area contributed by atoms with E-state index in [4.69, 9.17) is 0 Å². The lowest BCUT2D eigenvalue weighted by atomic mass is 10.2. The van der Waals surface area contributed by atoms with Crippen molar-refractivity contribution in [2.45, 2.75) is 11.0 Å². The lowest BCUT2D eigenvalue weighted by Crippen LogP contribution is -2.26. The summed E-state index contributed by atoms with van der Waals surface area (Å²) in [6.45, 7) is 0. The Bertz CT molecular complexity index is 713. The van der Waals surface area contributed by atoms with Crippen molar-refractivity contribution >= 4 is 21.9 Å². The molecule has 0 amide bonds. The van der Waals surface area contributed by atoms with Crippen LogP contribution in [0, 0.1) is 0 Å². The molecule has 1 atom stereocenters. The second kappa shape index (κ2) is 4.59. The fourth-order valence-electron chi connectivity index (χ4n) is 2.04. The van der Waals surface area contributed by atoms with Crippen molar-refractivity contribution in [3.05, 3.63) is 59.8 Å². The molecule has 2 aliphatic rings. The van der Waals surface area contributed by atoms with Crippen molar-refractivity contribution in [2.24, 2.45) is 9.98 Å². The fraction of sp³-hybridized carbons (Fsp3) is 0.143. The minimum Gasteiger partial charge on any atom is -0.239 e. The SMILES string of the molecule is O=S(=O)(Cc1ccccc1)C1C=NC2=NC=CC2=C1. The van der Waals surface area contributed by atoms with Crippen molar-refractivity contribution in [1.82, 2.24) is 0 Å². The first-order chi connectivity index (χ1) is 9.15. The zero-order valence-corrected chi connectivity index (χ0v) is 10.9. The van der Waals surface area contributed by atoms with E-state index >= 15 is 0 Å². The summed E-state index contributed by atoms with van der Waals surface area (Å²) in [7, 11) is -3.29. The quantitative estimate of drug-likeness (QED) is 0.844. The molecule has 0 saturated carbocycles. The van der Waals surface area contributed by atoms with Crippen LogP contribution in [0.4, 0.5) is 0 Å². The van der Waals surface area contributed by atoms with Gasteiger partial charge in [0.15, 0.2) is 15.7 Å². The van der Waals surface area contributed by atoms with Gasteiger partial charge in [0.05, 0.1) is 5.75 Å². The van der Waals surface area contributed by atoms with E-state index in [9.17, 15) is 8.42 Å². The molecule has 0 aliphatic carbocycles. The Balaban J connectivity index is 1.86. The van der Waals surface area contributed by atoms with E-state index < -0.39 is 15.1 Å². The molecule has 0 N–H and O–H groups in total. The third-order valence-electron chi connectivity index (χ3n) is 3.02. The maximum atomic E-state index is 12.3. The van der Waals surface area contributed by atoms with E-state index in [1.54, 1.807) is 18.4 Å². The van der Waals surface area contributed by atoms with Gasteiger partial charge >= 0.3 is 0 Å². The van der Waals surface area contributed by atoms with E-state index in [0.29, 0.717) is 5.84 Å². The first kappa shape index (κ1) is 12.0. The molecule has 0 aromatic heterocycles. The average Bonchev–Trinajstić information content (AvgIpc) is 2.86. The maximum absolute atomic E-state index is 12.3. The second-order valence-corrected chi connectivity index (χ2v) is 6.58. The number of sulfone groups is 1. The number of dihydropyridines is 1. The summed E-state index contributed by atoms with van der Waals surface area (Å²) in [4.78, 5) is 8.13. The zero-order valence-electron chi connectivity index (χ0n) is 10.1. The standard InChI is InChI=1S/C14H12N2O2S/c17-19(18,10-11-4-2-1-3-5-11)13-8-12-6-7-15-14(12)16-9-13/h1-9,13H,10H2. The van der Waals surface area contributed by atoms with E-state index in [2.05, 4.69) is 9.98 Å². The normalized spacial score (nSPS) is 20.9. The summed E-state index contributed by atoms with van der Waals surface area (Å²) in [5.74, 6) is 0.607. The molecule has 1 aromatic rings. The van der Waals surface area contributed by atoms with Crippen molar-refractivity contribution < 1.29 is 8.42 Å². The number of amidine groups is 1. The van der Waals surface area contributed by atoms with E-state index in [0.717, 1.165) is 11.1 Å². The molecule has 0 fully saturated rings. The number of fused-ring (bicyclic) bond motifs is 1. The third kappa shape index (κ3) is 2.42. The van der Waals surface area contributed by atoms with Crippen LogP contribution in [0.2, 0.25) is 0 Å². The predicted octanol–water partition coefficient (Wildman–Crippen LogP) is 1.91. The molecule has 19 heavy (non-hydrogen) atoms. The number of rotatable bonds is 3. The topological polar surface area (TPSA) is 58.9 Å². The molecule has 3 rings (SSSR count). The van der Waals surface area contributed by atoms with Crippen LogP contribution in [0.5, 0.6) is 0 Å². The minimum absolute atomic E-state index is 0.0184. The fourth-order valence-corrected chi connectivity index (χ4v) is 3.49. The van der Waals surface area contributed by atoms with Gasteiger partial charge in [-0.1, -0.05) is 36.4 Å². The van der Waals surface area contributed by atoms with Gasteiger partial charge in [0, 0.05) is 18.0 Å². The monoisotopic (exact) mass is 272 g/mol. The largest absolute Gasteiger partial charge is 0.239 e. The van der Waals surface area contributed by atoms with Crippen LogP contribution in [0.1, 0.15) is 5.56 Å². The van der Waals surface area contributed by atoms with E-state index in [1.165, 1.54) is 6.21 Å². The minimum atomic E-state index is -3.29. The van der Waals surface area contributed by atoms with Gasteiger partial charge in [0.1, 0.15) is 5.25 Å². The van der Waals surface area contributed by atoms with Gasteiger partial charge in [-0.05, 0) is 11.6 Å². The summed E-state index contributed by atoms with van der Waals surface area (Å²) < 4.78 is 24.7. The Morgan fingerprint density at radius 1 is 1.16 bits per heavy atom.